The number of rotatable bonds is 4. The number of hydrogen-bond acceptors (Lipinski definition) is 2. The van der Waals surface area contributed by atoms with Crippen LogP contribution in [0.1, 0.15) is 41.1 Å². The molecule has 5 heteroatoms. The van der Waals surface area contributed by atoms with Crippen molar-refractivity contribution in [2.24, 2.45) is 0 Å². The molecule has 0 aliphatic carbocycles. The Kier molecular flexibility index (Phi) is 5.38. The SMILES string of the molecule is Cc1cc(C)cc(C(c2ccc(Cl)cc2Cl)N2CCCC2C(=O)O)c1. The van der Waals surface area contributed by atoms with Crippen molar-refractivity contribution in [1.82, 2.24) is 4.90 Å². The monoisotopic (exact) mass is 377 g/mol. The van der Waals surface area contributed by atoms with E-state index in [9.17, 15) is 9.90 Å². The Labute approximate surface area is 158 Å². The zero-order chi connectivity index (χ0) is 18.1. The molecule has 2 aromatic rings. The van der Waals surface area contributed by atoms with Gasteiger partial charge in [-0.15, -0.1) is 0 Å². The zero-order valence-electron chi connectivity index (χ0n) is 14.3. The highest BCUT2D eigenvalue weighted by atomic mass is 35.5. The molecular weight excluding hydrogens is 357 g/mol. The highest BCUT2D eigenvalue weighted by Crippen LogP contribution is 2.39. The molecule has 132 valence electrons. The summed E-state index contributed by atoms with van der Waals surface area (Å²) >= 11 is 12.6. The standard InChI is InChI=1S/C20H21Cl2NO2/c1-12-8-13(2)10-14(9-12)19(16-6-5-15(21)11-17(16)22)23-7-3-4-18(23)20(24)25/h5-6,8-11,18-19H,3-4,7H2,1-2H3,(H,24,25). The number of benzene rings is 2. The second kappa shape index (κ2) is 7.36. The van der Waals surface area contributed by atoms with Crippen LogP contribution < -0.4 is 0 Å². The summed E-state index contributed by atoms with van der Waals surface area (Å²) in [6, 6.07) is 11.1. The predicted molar refractivity (Wildman–Crippen MR) is 102 cm³/mol. The molecule has 0 aromatic heterocycles. The van der Waals surface area contributed by atoms with E-state index in [1.165, 1.54) is 0 Å². The fourth-order valence-corrected chi connectivity index (χ4v) is 4.32. The van der Waals surface area contributed by atoms with Crippen LogP contribution in [0.4, 0.5) is 0 Å². The van der Waals surface area contributed by atoms with E-state index < -0.39 is 12.0 Å². The Bertz CT molecular complexity index is 786. The Hall–Kier alpha value is -1.55. The molecule has 0 bridgehead atoms. The van der Waals surface area contributed by atoms with Crippen LogP contribution >= 0.6 is 23.2 Å². The van der Waals surface area contributed by atoms with Crippen molar-refractivity contribution in [2.45, 2.75) is 38.8 Å². The first-order valence-corrected chi connectivity index (χ1v) is 9.14. The molecule has 1 aliphatic rings. The molecule has 3 nitrogen and oxygen atoms in total. The topological polar surface area (TPSA) is 40.5 Å². The van der Waals surface area contributed by atoms with Gasteiger partial charge < -0.3 is 5.11 Å². The highest BCUT2D eigenvalue weighted by Gasteiger charge is 2.37. The molecule has 3 rings (SSSR count). The van der Waals surface area contributed by atoms with Gasteiger partial charge in [0.2, 0.25) is 0 Å². The molecular formula is C20H21Cl2NO2. The van der Waals surface area contributed by atoms with Crippen LogP contribution in [-0.4, -0.2) is 28.6 Å². The lowest BCUT2D eigenvalue weighted by Gasteiger charge is -2.33. The van der Waals surface area contributed by atoms with E-state index in [2.05, 4.69) is 32.0 Å². The van der Waals surface area contributed by atoms with Crippen molar-refractivity contribution >= 4 is 29.2 Å². The number of carbonyl (C=O) groups is 1. The summed E-state index contributed by atoms with van der Waals surface area (Å²) in [5.41, 5.74) is 4.26. The second-order valence-corrected chi connectivity index (χ2v) is 7.57. The van der Waals surface area contributed by atoms with Gasteiger partial charge in [0, 0.05) is 16.6 Å². The second-order valence-electron chi connectivity index (χ2n) is 6.72. The minimum atomic E-state index is -0.781. The smallest absolute Gasteiger partial charge is 0.320 e. The van der Waals surface area contributed by atoms with Gasteiger partial charge in [0.05, 0.1) is 6.04 Å². The first kappa shape index (κ1) is 18.2. The van der Waals surface area contributed by atoms with Gasteiger partial charge in [-0.3, -0.25) is 9.69 Å². The van der Waals surface area contributed by atoms with Gasteiger partial charge in [-0.05, 0) is 49.9 Å². The number of likely N-dealkylation sites (tertiary alicyclic amines) is 1. The third-order valence-corrected chi connectivity index (χ3v) is 5.29. The van der Waals surface area contributed by atoms with Gasteiger partial charge in [0.15, 0.2) is 0 Å². The Balaban J connectivity index is 2.15. The number of aliphatic carboxylic acids is 1. The molecule has 2 aromatic carbocycles. The van der Waals surface area contributed by atoms with Gasteiger partial charge in [-0.2, -0.15) is 0 Å². The van der Waals surface area contributed by atoms with E-state index in [0.717, 1.165) is 35.2 Å². The zero-order valence-corrected chi connectivity index (χ0v) is 15.8. The molecule has 0 saturated carbocycles. The molecule has 1 aliphatic heterocycles. The maximum atomic E-state index is 11.8. The van der Waals surface area contributed by atoms with E-state index in [-0.39, 0.29) is 6.04 Å². The van der Waals surface area contributed by atoms with Crippen LogP contribution in [0.15, 0.2) is 36.4 Å². The maximum absolute atomic E-state index is 11.8. The van der Waals surface area contributed by atoms with Gasteiger partial charge >= 0.3 is 5.97 Å². The molecule has 25 heavy (non-hydrogen) atoms. The van der Waals surface area contributed by atoms with Crippen LogP contribution in [0.5, 0.6) is 0 Å². The molecule has 1 fully saturated rings. The summed E-state index contributed by atoms with van der Waals surface area (Å²) in [4.78, 5) is 13.8. The molecule has 0 spiro atoms. The fraction of sp³-hybridized carbons (Fsp3) is 0.350. The average molecular weight is 378 g/mol. The number of halogens is 2. The summed E-state index contributed by atoms with van der Waals surface area (Å²) in [6.07, 6.45) is 1.52. The van der Waals surface area contributed by atoms with E-state index in [1.54, 1.807) is 6.07 Å². The van der Waals surface area contributed by atoms with Crippen LogP contribution in [0.3, 0.4) is 0 Å². The Morgan fingerprint density at radius 2 is 1.84 bits per heavy atom. The molecule has 2 unspecified atom stereocenters. The minimum Gasteiger partial charge on any atom is -0.480 e. The van der Waals surface area contributed by atoms with E-state index in [0.29, 0.717) is 16.5 Å². The van der Waals surface area contributed by atoms with Crippen LogP contribution in [0.2, 0.25) is 10.0 Å². The van der Waals surface area contributed by atoms with Crippen molar-refractivity contribution in [3.05, 3.63) is 68.7 Å². The number of carboxylic acid groups (broad SMARTS) is 1. The highest BCUT2D eigenvalue weighted by molar-refractivity contribution is 6.35. The molecule has 1 saturated heterocycles. The lowest BCUT2D eigenvalue weighted by atomic mass is 9.93. The van der Waals surface area contributed by atoms with Gasteiger partial charge in [-0.1, -0.05) is 58.6 Å². The van der Waals surface area contributed by atoms with Crippen LogP contribution in [-0.2, 0) is 4.79 Å². The van der Waals surface area contributed by atoms with E-state index in [1.807, 2.05) is 17.0 Å². The fourth-order valence-electron chi connectivity index (χ4n) is 3.80. The predicted octanol–water partition coefficient (Wildman–Crippen LogP) is 5.25. The number of hydrogen-bond donors (Lipinski definition) is 1. The summed E-state index contributed by atoms with van der Waals surface area (Å²) in [6.45, 7) is 4.83. The molecule has 1 N–H and O–H groups in total. The van der Waals surface area contributed by atoms with Crippen molar-refractivity contribution < 1.29 is 9.90 Å². The molecule has 0 amide bonds. The minimum absolute atomic E-state index is 0.202. The number of nitrogens with zero attached hydrogens (tertiary/aromatic N) is 1. The van der Waals surface area contributed by atoms with Gasteiger partial charge in [0.1, 0.15) is 6.04 Å². The molecule has 1 heterocycles. The average Bonchev–Trinajstić information content (AvgIpc) is 2.98. The van der Waals surface area contributed by atoms with Crippen molar-refractivity contribution in [3.63, 3.8) is 0 Å². The number of aryl methyl sites for hydroxylation is 2. The summed E-state index contributed by atoms with van der Waals surface area (Å²) in [5, 5.41) is 10.8. The lowest BCUT2D eigenvalue weighted by Crippen LogP contribution is -2.39. The Morgan fingerprint density at radius 1 is 1.16 bits per heavy atom. The van der Waals surface area contributed by atoms with Crippen molar-refractivity contribution in [2.75, 3.05) is 6.54 Å². The third-order valence-electron chi connectivity index (χ3n) is 4.73. The Morgan fingerprint density at radius 3 is 2.44 bits per heavy atom. The van der Waals surface area contributed by atoms with Crippen LogP contribution in [0, 0.1) is 13.8 Å². The summed E-state index contributed by atoms with van der Waals surface area (Å²) in [7, 11) is 0. The van der Waals surface area contributed by atoms with Gasteiger partial charge in [0.25, 0.3) is 0 Å². The normalized spacial score (nSPS) is 19.1. The molecule has 2 atom stereocenters. The first-order valence-electron chi connectivity index (χ1n) is 8.38. The largest absolute Gasteiger partial charge is 0.480 e. The summed E-state index contributed by atoms with van der Waals surface area (Å²) < 4.78 is 0. The van der Waals surface area contributed by atoms with E-state index >= 15 is 0 Å². The maximum Gasteiger partial charge on any atom is 0.320 e. The van der Waals surface area contributed by atoms with E-state index in [4.69, 9.17) is 23.2 Å². The van der Waals surface area contributed by atoms with Crippen LogP contribution in [0.25, 0.3) is 0 Å². The third kappa shape index (κ3) is 3.84. The quantitative estimate of drug-likeness (QED) is 0.790. The van der Waals surface area contributed by atoms with Gasteiger partial charge in [-0.25, -0.2) is 0 Å². The summed E-state index contributed by atoms with van der Waals surface area (Å²) in [5.74, 6) is -0.781. The van der Waals surface area contributed by atoms with Crippen molar-refractivity contribution in [1.29, 1.82) is 0 Å². The van der Waals surface area contributed by atoms with Crippen molar-refractivity contribution in [3.8, 4) is 0 Å². The first-order chi connectivity index (χ1) is 11.9. The number of carboxylic acids is 1. The lowest BCUT2D eigenvalue weighted by molar-refractivity contribution is -0.142. The molecule has 0 radical (unpaired) electrons.